The maximum Gasteiger partial charge on any atom is 0.243 e. The van der Waals surface area contributed by atoms with Gasteiger partial charge in [0.15, 0.2) is 0 Å². The van der Waals surface area contributed by atoms with Crippen LogP contribution in [0.15, 0.2) is 30.5 Å². The summed E-state index contributed by atoms with van der Waals surface area (Å²) in [4.78, 5) is 7.47. The van der Waals surface area contributed by atoms with E-state index >= 15 is 0 Å². The highest BCUT2D eigenvalue weighted by Crippen LogP contribution is 2.27. The Morgan fingerprint density at radius 3 is 2.94 bits per heavy atom. The highest BCUT2D eigenvalue weighted by molar-refractivity contribution is 6.31. The predicted octanol–water partition coefficient (Wildman–Crippen LogP) is 2.64. The fraction of sp³-hybridized carbons (Fsp3) is 0. The van der Waals surface area contributed by atoms with Crippen molar-refractivity contribution in [2.45, 2.75) is 0 Å². The van der Waals surface area contributed by atoms with Crippen molar-refractivity contribution in [3.63, 3.8) is 0 Å². The lowest BCUT2D eigenvalue weighted by atomic mass is 10.3. The van der Waals surface area contributed by atoms with E-state index < -0.39 is 5.82 Å². The van der Waals surface area contributed by atoms with Gasteiger partial charge < -0.3 is 10.5 Å². The number of rotatable bonds is 2. The SMILES string of the molecule is Nc1ncc(Cl)c(Oc2cccc(F)c2)n1. The van der Waals surface area contributed by atoms with Gasteiger partial charge in [0.25, 0.3) is 0 Å². The van der Waals surface area contributed by atoms with Gasteiger partial charge in [-0.3, -0.25) is 0 Å². The molecule has 0 amide bonds. The molecule has 6 heteroatoms. The zero-order chi connectivity index (χ0) is 11.5. The van der Waals surface area contributed by atoms with Crippen LogP contribution in [0.4, 0.5) is 10.3 Å². The maximum atomic E-state index is 12.9. The van der Waals surface area contributed by atoms with Gasteiger partial charge in [0.2, 0.25) is 11.8 Å². The summed E-state index contributed by atoms with van der Waals surface area (Å²) >= 11 is 5.79. The molecule has 0 spiro atoms. The number of benzene rings is 1. The fourth-order valence-electron chi connectivity index (χ4n) is 1.08. The normalized spacial score (nSPS) is 10.1. The Bertz CT molecular complexity index is 521. The minimum absolute atomic E-state index is 0.0378. The minimum atomic E-state index is -0.407. The Hall–Kier alpha value is -1.88. The molecule has 4 nitrogen and oxygen atoms in total. The molecule has 2 rings (SSSR count). The number of aromatic nitrogens is 2. The molecule has 82 valence electrons. The first-order valence-electron chi connectivity index (χ1n) is 4.36. The summed E-state index contributed by atoms with van der Waals surface area (Å²) in [5.41, 5.74) is 5.38. The van der Waals surface area contributed by atoms with E-state index in [0.717, 1.165) is 0 Å². The predicted molar refractivity (Wildman–Crippen MR) is 57.9 cm³/mol. The van der Waals surface area contributed by atoms with E-state index in [1.807, 2.05) is 0 Å². The third-order valence-electron chi connectivity index (χ3n) is 1.74. The largest absolute Gasteiger partial charge is 0.437 e. The fourth-order valence-corrected chi connectivity index (χ4v) is 1.21. The van der Waals surface area contributed by atoms with Gasteiger partial charge in [0.05, 0.1) is 6.20 Å². The Kier molecular flexibility index (Phi) is 2.87. The van der Waals surface area contributed by atoms with E-state index in [2.05, 4.69) is 9.97 Å². The smallest absolute Gasteiger partial charge is 0.243 e. The van der Waals surface area contributed by atoms with Crippen LogP contribution in [0.3, 0.4) is 0 Å². The summed E-state index contributed by atoms with van der Waals surface area (Å²) < 4.78 is 18.1. The number of hydrogen-bond acceptors (Lipinski definition) is 4. The Labute approximate surface area is 95.9 Å². The van der Waals surface area contributed by atoms with Crippen molar-refractivity contribution in [3.05, 3.63) is 41.3 Å². The molecular formula is C10H7ClFN3O. The highest BCUT2D eigenvalue weighted by Gasteiger charge is 2.06. The quantitative estimate of drug-likeness (QED) is 0.875. The summed E-state index contributed by atoms with van der Waals surface area (Å²) in [6.45, 7) is 0. The first-order valence-corrected chi connectivity index (χ1v) is 4.74. The van der Waals surface area contributed by atoms with Crippen LogP contribution in [0.5, 0.6) is 11.6 Å². The molecule has 1 aromatic heterocycles. The van der Waals surface area contributed by atoms with Crippen LogP contribution >= 0.6 is 11.6 Å². The third-order valence-corrected chi connectivity index (χ3v) is 2.00. The standard InChI is InChI=1S/C10H7ClFN3O/c11-8-5-14-10(13)15-9(8)16-7-3-1-2-6(12)4-7/h1-5H,(H2,13,14,15). The van der Waals surface area contributed by atoms with Crippen LogP contribution in [0.1, 0.15) is 0 Å². The summed E-state index contributed by atoms with van der Waals surface area (Å²) in [5.74, 6) is 0.0196. The Balaban J connectivity index is 2.30. The van der Waals surface area contributed by atoms with Crippen LogP contribution in [-0.4, -0.2) is 9.97 Å². The van der Waals surface area contributed by atoms with Crippen molar-refractivity contribution in [3.8, 4) is 11.6 Å². The van der Waals surface area contributed by atoms with Gasteiger partial charge in [0.1, 0.15) is 16.6 Å². The average Bonchev–Trinajstić information content (AvgIpc) is 2.24. The minimum Gasteiger partial charge on any atom is -0.437 e. The summed E-state index contributed by atoms with van der Waals surface area (Å²) in [5, 5.41) is 0.207. The number of nitrogen functional groups attached to an aromatic ring is 1. The molecule has 16 heavy (non-hydrogen) atoms. The molecule has 0 aliphatic carbocycles. The van der Waals surface area contributed by atoms with Crippen LogP contribution in [-0.2, 0) is 0 Å². The van der Waals surface area contributed by atoms with E-state index in [0.29, 0.717) is 5.75 Å². The lowest BCUT2D eigenvalue weighted by Gasteiger charge is -2.06. The molecule has 2 N–H and O–H groups in total. The van der Waals surface area contributed by atoms with E-state index in [4.69, 9.17) is 22.1 Å². The topological polar surface area (TPSA) is 61.0 Å². The van der Waals surface area contributed by atoms with Gasteiger partial charge in [-0.05, 0) is 12.1 Å². The third kappa shape index (κ3) is 2.38. The van der Waals surface area contributed by atoms with Crippen LogP contribution in [0.25, 0.3) is 0 Å². The molecule has 0 radical (unpaired) electrons. The molecule has 0 saturated heterocycles. The zero-order valence-electron chi connectivity index (χ0n) is 8.02. The molecule has 1 heterocycles. The van der Waals surface area contributed by atoms with Gasteiger partial charge in [-0.15, -0.1) is 0 Å². The van der Waals surface area contributed by atoms with Crippen molar-refractivity contribution in [1.29, 1.82) is 0 Å². The number of nitrogens with zero attached hydrogens (tertiary/aromatic N) is 2. The molecule has 0 fully saturated rings. The van der Waals surface area contributed by atoms with Gasteiger partial charge >= 0.3 is 0 Å². The number of halogens is 2. The first kappa shape index (κ1) is 10.6. The molecule has 0 aliphatic rings. The van der Waals surface area contributed by atoms with Crippen LogP contribution in [0, 0.1) is 5.82 Å². The molecular weight excluding hydrogens is 233 g/mol. The Morgan fingerprint density at radius 2 is 2.19 bits per heavy atom. The molecule has 2 aromatic rings. The second-order valence-electron chi connectivity index (χ2n) is 2.94. The number of ether oxygens (including phenoxy) is 1. The molecule has 0 bridgehead atoms. The Morgan fingerprint density at radius 1 is 1.38 bits per heavy atom. The van der Waals surface area contributed by atoms with Crippen molar-refractivity contribution < 1.29 is 9.13 Å². The van der Waals surface area contributed by atoms with E-state index in [9.17, 15) is 4.39 Å². The molecule has 0 aliphatic heterocycles. The summed E-state index contributed by atoms with van der Waals surface area (Å²) in [7, 11) is 0. The van der Waals surface area contributed by atoms with Gasteiger partial charge in [-0.25, -0.2) is 9.37 Å². The summed E-state index contributed by atoms with van der Waals surface area (Å²) in [6, 6.07) is 5.62. The molecule has 0 atom stereocenters. The summed E-state index contributed by atoms with van der Waals surface area (Å²) in [6.07, 6.45) is 1.32. The average molecular weight is 240 g/mol. The molecule has 1 aromatic carbocycles. The lowest BCUT2D eigenvalue weighted by molar-refractivity contribution is 0.458. The van der Waals surface area contributed by atoms with E-state index in [-0.39, 0.29) is 16.9 Å². The second kappa shape index (κ2) is 4.32. The zero-order valence-corrected chi connectivity index (χ0v) is 8.78. The molecule has 0 saturated carbocycles. The van der Waals surface area contributed by atoms with Crippen molar-refractivity contribution in [2.24, 2.45) is 0 Å². The lowest BCUT2D eigenvalue weighted by Crippen LogP contribution is -1.97. The van der Waals surface area contributed by atoms with Gasteiger partial charge in [-0.1, -0.05) is 17.7 Å². The van der Waals surface area contributed by atoms with Gasteiger partial charge in [-0.2, -0.15) is 4.98 Å². The van der Waals surface area contributed by atoms with Crippen molar-refractivity contribution >= 4 is 17.5 Å². The highest BCUT2D eigenvalue weighted by atomic mass is 35.5. The van der Waals surface area contributed by atoms with Gasteiger partial charge in [0, 0.05) is 6.07 Å². The van der Waals surface area contributed by atoms with Crippen LogP contribution < -0.4 is 10.5 Å². The van der Waals surface area contributed by atoms with Crippen LogP contribution in [0.2, 0.25) is 5.02 Å². The number of hydrogen-bond donors (Lipinski definition) is 1. The second-order valence-corrected chi connectivity index (χ2v) is 3.35. The number of nitrogens with two attached hydrogens (primary N) is 1. The number of anilines is 1. The molecule has 0 unspecified atom stereocenters. The van der Waals surface area contributed by atoms with Crippen molar-refractivity contribution in [1.82, 2.24) is 9.97 Å². The monoisotopic (exact) mass is 239 g/mol. The van der Waals surface area contributed by atoms with E-state index in [1.165, 1.54) is 24.4 Å². The maximum absolute atomic E-state index is 12.9. The van der Waals surface area contributed by atoms with E-state index in [1.54, 1.807) is 6.07 Å². The van der Waals surface area contributed by atoms with Crippen molar-refractivity contribution in [2.75, 3.05) is 5.73 Å². The first-order chi connectivity index (χ1) is 7.65.